The Morgan fingerprint density at radius 3 is 2.20 bits per heavy atom. The minimum Gasteiger partial charge on any atom is -0.204 e. The summed E-state index contributed by atoms with van der Waals surface area (Å²) in [4.78, 5) is 0. The third kappa shape index (κ3) is 2.07. The van der Waals surface area contributed by atoms with Gasteiger partial charge in [0.15, 0.2) is 11.6 Å². The van der Waals surface area contributed by atoms with Crippen LogP contribution in [-0.2, 0) is 0 Å². The second-order valence-corrected chi connectivity index (χ2v) is 4.02. The predicted molar refractivity (Wildman–Crippen MR) is 59.5 cm³/mol. The summed E-state index contributed by atoms with van der Waals surface area (Å²) < 4.78 is 27.3. The SMILES string of the molecule is Fc1cccc(-c2ccc(Br)cc2)c1F. The molecule has 0 N–H and O–H groups in total. The molecule has 0 saturated heterocycles. The first kappa shape index (κ1) is 10.3. The zero-order valence-corrected chi connectivity index (χ0v) is 9.26. The summed E-state index contributed by atoms with van der Waals surface area (Å²) in [6.07, 6.45) is 0. The van der Waals surface area contributed by atoms with Crippen molar-refractivity contribution in [3.8, 4) is 11.1 Å². The first-order valence-corrected chi connectivity index (χ1v) is 5.18. The zero-order valence-electron chi connectivity index (χ0n) is 7.68. The molecule has 0 aliphatic rings. The van der Waals surface area contributed by atoms with Gasteiger partial charge >= 0.3 is 0 Å². The Bertz CT molecular complexity index is 477. The molecule has 15 heavy (non-hydrogen) atoms. The highest BCUT2D eigenvalue weighted by molar-refractivity contribution is 9.10. The quantitative estimate of drug-likeness (QED) is 0.720. The summed E-state index contributed by atoms with van der Waals surface area (Å²) in [7, 11) is 0. The molecule has 3 heteroatoms. The lowest BCUT2D eigenvalue weighted by Gasteiger charge is -2.03. The van der Waals surface area contributed by atoms with E-state index in [9.17, 15) is 8.78 Å². The maximum absolute atomic E-state index is 13.4. The van der Waals surface area contributed by atoms with Crippen molar-refractivity contribution in [1.29, 1.82) is 0 Å². The van der Waals surface area contributed by atoms with E-state index in [1.165, 1.54) is 6.07 Å². The Morgan fingerprint density at radius 2 is 1.53 bits per heavy atom. The van der Waals surface area contributed by atoms with E-state index >= 15 is 0 Å². The highest BCUT2D eigenvalue weighted by atomic mass is 79.9. The van der Waals surface area contributed by atoms with Crippen molar-refractivity contribution >= 4 is 15.9 Å². The van der Waals surface area contributed by atoms with Gasteiger partial charge in [-0.2, -0.15) is 0 Å². The molecule has 0 heterocycles. The van der Waals surface area contributed by atoms with Crippen LogP contribution in [0.3, 0.4) is 0 Å². The summed E-state index contributed by atoms with van der Waals surface area (Å²) in [5, 5.41) is 0. The Hall–Kier alpha value is -1.22. The smallest absolute Gasteiger partial charge is 0.166 e. The highest BCUT2D eigenvalue weighted by Crippen LogP contribution is 2.25. The number of benzene rings is 2. The average molecular weight is 269 g/mol. The lowest BCUT2D eigenvalue weighted by Crippen LogP contribution is -1.88. The van der Waals surface area contributed by atoms with Crippen molar-refractivity contribution < 1.29 is 8.78 Å². The topological polar surface area (TPSA) is 0 Å². The fraction of sp³-hybridized carbons (Fsp3) is 0. The second-order valence-electron chi connectivity index (χ2n) is 3.11. The number of halogens is 3. The van der Waals surface area contributed by atoms with Crippen LogP contribution >= 0.6 is 15.9 Å². The van der Waals surface area contributed by atoms with E-state index in [0.717, 1.165) is 10.5 Å². The molecule has 0 amide bonds. The first-order chi connectivity index (χ1) is 7.18. The lowest BCUT2D eigenvalue weighted by atomic mass is 10.1. The fourth-order valence-corrected chi connectivity index (χ4v) is 1.62. The van der Waals surface area contributed by atoms with Crippen LogP contribution in [-0.4, -0.2) is 0 Å². The van der Waals surface area contributed by atoms with Gasteiger partial charge in [0, 0.05) is 10.0 Å². The van der Waals surface area contributed by atoms with Gasteiger partial charge in [0.25, 0.3) is 0 Å². The molecule has 0 aromatic heterocycles. The molecule has 76 valence electrons. The molecule has 0 atom stereocenters. The summed E-state index contributed by atoms with van der Waals surface area (Å²) in [5.74, 6) is -1.63. The van der Waals surface area contributed by atoms with Crippen molar-refractivity contribution in [3.63, 3.8) is 0 Å². The molecule has 0 aliphatic heterocycles. The van der Waals surface area contributed by atoms with E-state index in [-0.39, 0.29) is 5.56 Å². The second kappa shape index (κ2) is 4.11. The van der Waals surface area contributed by atoms with Gasteiger partial charge in [-0.15, -0.1) is 0 Å². The third-order valence-electron chi connectivity index (χ3n) is 2.11. The van der Waals surface area contributed by atoms with Gasteiger partial charge in [0.1, 0.15) is 0 Å². The van der Waals surface area contributed by atoms with Crippen LogP contribution < -0.4 is 0 Å². The van der Waals surface area contributed by atoms with Crippen LogP contribution in [0.5, 0.6) is 0 Å². The molecular weight excluding hydrogens is 262 g/mol. The van der Waals surface area contributed by atoms with Crippen LogP contribution in [0.1, 0.15) is 0 Å². The molecule has 0 radical (unpaired) electrons. The van der Waals surface area contributed by atoms with Crippen LogP contribution in [0.25, 0.3) is 11.1 Å². The van der Waals surface area contributed by atoms with E-state index in [1.807, 2.05) is 0 Å². The molecular formula is C12H7BrF2. The standard InChI is InChI=1S/C12H7BrF2/c13-9-6-4-8(5-7-9)10-2-1-3-11(14)12(10)15/h1-7H. The first-order valence-electron chi connectivity index (χ1n) is 4.38. The minimum atomic E-state index is -0.824. The van der Waals surface area contributed by atoms with Crippen molar-refractivity contribution in [3.05, 3.63) is 58.6 Å². The average Bonchev–Trinajstić information content (AvgIpc) is 2.24. The predicted octanol–water partition coefficient (Wildman–Crippen LogP) is 4.39. The zero-order chi connectivity index (χ0) is 10.8. The van der Waals surface area contributed by atoms with Gasteiger partial charge in [-0.25, -0.2) is 8.78 Å². The molecule has 0 saturated carbocycles. The summed E-state index contributed by atoms with van der Waals surface area (Å²) >= 11 is 3.28. The molecule has 0 aliphatic carbocycles. The molecule has 0 fully saturated rings. The summed E-state index contributed by atoms with van der Waals surface area (Å²) in [6.45, 7) is 0. The number of rotatable bonds is 1. The monoisotopic (exact) mass is 268 g/mol. The molecule has 2 rings (SSSR count). The van der Waals surface area contributed by atoms with Gasteiger partial charge < -0.3 is 0 Å². The van der Waals surface area contributed by atoms with Gasteiger partial charge in [0.05, 0.1) is 0 Å². The van der Waals surface area contributed by atoms with E-state index in [2.05, 4.69) is 15.9 Å². The molecule has 2 aromatic rings. The van der Waals surface area contributed by atoms with Gasteiger partial charge in [-0.3, -0.25) is 0 Å². The highest BCUT2D eigenvalue weighted by Gasteiger charge is 2.08. The molecule has 0 bridgehead atoms. The van der Waals surface area contributed by atoms with Crippen LogP contribution in [0.15, 0.2) is 46.9 Å². The Kier molecular flexibility index (Phi) is 2.82. The third-order valence-corrected chi connectivity index (χ3v) is 2.64. The number of hydrogen-bond donors (Lipinski definition) is 0. The Morgan fingerprint density at radius 1 is 0.867 bits per heavy atom. The van der Waals surface area contributed by atoms with Crippen molar-refractivity contribution in [2.45, 2.75) is 0 Å². The van der Waals surface area contributed by atoms with Crippen LogP contribution in [0.4, 0.5) is 8.78 Å². The van der Waals surface area contributed by atoms with Crippen LogP contribution in [0.2, 0.25) is 0 Å². The fourth-order valence-electron chi connectivity index (χ4n) is 1.36. The normalized spacial score (nSPS) is 10.3. The molecule has 0 nitrogen and oxygen atoms in total. The Labute approximate surface area is 94.7 Å². The lowest BCUT2D eigenvalue weighted by molar-refractivity contribution is 0.511. The Balaban J connectivity index is 2.54. The van der Waals surface area contributed by atoms with E-state index in [4.69, 9.17) is 0 Å². The molecule has 0 spiro atoms. The number of hydrogen-bond acceptors (Lipinski definition) is 0. The van der Waals surface area contributed by atoms with Gasteiger partial charge in [-0.05, 0) is 23.8 Å². The van der Waals surface area contributed by atoms with E-state index in [0.29, 0.717) is 5.56 Å². The van der Waals surface area contributed by atoms with E-state index in [1.54, 1.807) is 30.3 Å². The van der Waals surface area contributed by atoms with Gasteiger partial charge in [0.2, 0.25) is 0 Å². The van der Waals surface area contributed by atoms with Gasteiger partial charge in [-0.1, -0.05) is 40.2 Å². The minimum absolute atomic E-state index is 0.280. The maximum Gasteiger partial charge on any atom is 0.166 e. The largest absolute Gasteiger partial charge is 0.204 e. The summed E-state index contributed by atoms with van der Waals surface area (Å²) in [5.41, 5.74) is 0.942. The summed E-state index contributed by atoms with van der Waals surface area (Å²) in [6, 6.07) is 11.2. The molecule has 2 aromatic carbocycles. The maximum atomic E-state index is 13.4. The molecule has 0 unspecified atom stereocenters. The van der Waals surface area contributed by atoms with Crippen molar-refractivity contribution in [2.75, 3.05) is 0 Å². The van der Waals surface area contributed by atoms with Crippen molar-refractivity contribution in [1.82, 2.24) is 0 Å². The van der Waals surface area contributed by atoms with E-state index < -0.39 is 11.6 Å². The van der Waals surface area contributed by atoms with Crippen molar-refractivity contribution in [2.24, 2.45) is 0 Å². The van der Waals surface area contributed by atoms with Crippen LogP contribution in [0, 0.1) is 11.6 Å².